The molecule has 1 spiro atoms. The van der Waals surface area contributed by atoms with Crippen molar-refractivity contribution in [2.24, 2.45) is 0 Å². The molecule has 3 fully saturated rings. The lowest BCUT2D eigenvalue weighted by Crippen LogP contribution is -2.50. The molecule has 0 radical (unpaired) electrons. The summed E-state index contributed by atoms with van der Waals surface area (Å²) >= 11 is 0. The number of amides is 2. The predicted molar refractivity (Wildman–Crippen MR) is 130 cm³/mol. The Hall–Kier alpha value is -2.08. The maximum absolute atomic E-state index is 12.5. The zero-order chi connectivity index (χ0) is 23.2. The van der Waals surface area contributed by atoms with Crippen LogP contribution in [-0.4, -0.2) is 66.2 Å². The van der Waals surface area contributed by atoms with Crippen LogP contribution in [0, 0.1) is 6.92 Å². The van der Waals surface area contributed by atoms with Gasteiger partial charge in [0.1, 0.15) is 0 Å². The SMILES string of the molecule is CCOC(=O)N1C2CCC(N3CCC4(CC3)CN(C(C)=O)c3c(C)cccc34)CCC1CC2. The van der Waals surface area contributed by atoms with E-state index in [1.807, 2.05) is 11.8 Å². The second-order valence-corrected chi connectivity index (χ2v) is 10.7. The van der Waals surface area contributed by atoms with Crippen molar-refractivity contribution in [3.8, 4) is 0 Å². The highest BCUT2D eigenvalue weighted by Gasteiger charge is 2.47. The zero-order valence-corrected chi connectivity index (χ0v) is 20.5. The van der Waals surface area contributed by atoms with Crippen LogP contribution in [0.5, 0.6) is 0 Å². The molecule has 0 aromatic heterocycles. The highest BCUT2D eigenvalue weighted by atomic mass is 16.6. The van der Waals surface area contributed by atoms with Crippen LogP contribution in [0.2, 0.25) is 0 Å². The van der Waals surface area contributed by atoms with Crippen molar-refractivity contribution in [3.05, 3.63) is 29.3 Å². The van der Waals surface area contributed by atoms with Crippen molar-refractivity contribution >= 4 is 17.7 Å². The van der Waals surface area contributed by atoms with E-state index in [0.717, 1.165) is 71.0 Å². The molecule has 3 saturated heterocycles. The van der Waals surface area contributed by atoms with Gasteiger partial charge in [-0.2, -0.15) is 0 Å². The fourth-order valence-electron chi connectivity index (χ4n) is 7.23. The first-order valence-corrected chi connectivity index (χ1v) is 13.0. The van der Waals surface area contributed by atoms with Crippen molar-refractivity contribution < 1.29 is 14.3 Å². The first kappa shape index (κ1) is 22.7. The number of piperidine rings is 1. The summed E-state index contributed by atoms with van der Waals surface area (Å²) in [5.41, 5.74) is 3.87. The van der Waals surface area contributed by atoms with E-state index in [0.29, 0.717) is 24.7 Å². The van der Waals surface area contributed by atoms with E-state index in [1.165, 1.54) is 16.8 Å². The number of likely N-dealkylation sites (tertiary alicyclic amines) is 1. The fourth-order valence-corrected chi connectivity index (χ4v) is 7.23. The molecule has 2 unspecified atom stereocenters. The van der Waals surface area contributed by atoms with E-state index in [-0.39, 0.29) is 17.4 Å². The van der Waals surface area contributed by atoms with Crippen molar-refractivity contribution in [2.45, 2.75) is 95.7 Å². The summed E-state index contributed by atoms with van der Waals surface area (Å²) in [4.78, 5) is 31.8. The molecule has 5 rings (SSSR count). The number of fused-ring (bicyclic) bond motifs is 4. The average molecular weight is 454 g/mol. The number of carbonyl (C=O) groups is 2. The van der Waals surface area contributed by atoms with Crippen molar-refractivity contribution in [2.75, 3.05) is 31.1 Å². The number of hydrogen-bond acceptors (Lipinski definition) is 4. The largest absolute Gasteiger partial charge is 0.450 e. The molecule has 2 atom stereocenters. The molecule has 180 valence electrons. The predicted octanol–water partition coefficient (Wildman–Crippen LogP) is 4.63. The van der Waals surface area contributed by atoms with Crippen LogP contribution < -0.4 is 4.90 Å². The summed E-state index contributed by atoms with van der Waals surface area (Å²) in [5, 5.41) is 0. The Kier molecular flexibility index (Phi) is 6.15. The third-order valence-corrected chi connectivity index (χ3v) is 8.96. The van der Waals surface area contributed by atoms with Gasteiger partial charge in [0.05, 0.1) is 12.3 Å². The van der Waals surface area contributed by atoms with Crippen LogP contribution >= 0.6 is 0 Å². The third kappa shape index (κ3) is 3.94. The summed E-state index contributed by atoms with van der Waals surface area (Å²) in [6.45, 7) is 9.21. The molecule has 4 heterocycles. The average Bonchev–Trinajstić information content (AvgIpc) is 3.36. The Bertz CT molecular complexity index is 892. The van der Waals surface area contributed by atoms with Crippen LogP contribution in [0.1, 0.15) is 76.3 Å². The minimum atomic E-state index is -0.103. The van der Waals surface area contributed by atoms with E-state index in [9.17, 15) is 9.59 Å². The molecule has 33 heavy (non-hydrogen) atoms. The van der Waals surface area contributed by atoms with Gasteiger partial charge in [0.2, 0.25) is 5.91 Å². The minimum absolute atomic E-state index is 0.102. The van der Waals surface area contributed by atoms with E-state index in [1.54, 1.807) is 6.92 Å². The number of ether oxygens (including phenoxy) is 1. The van der Waals surface area contributed by atoms with Gasteiger partial charge >= 0.3 is 6.09 Å². The number of anilines is 1. The molecule has 4 aliphatic rings. The topological polar surface area (TPSA) is 53.1 Å². The molecule has 4 aliphatic heterocycles. The first-order chi connectivity index (χ1) is 15.9. The molecule has 0 N–H and O–H groups in total. The molecule has 6 nitrogen and oxygen atoms in total. The third-order valence-electron chi connectivity index (χ3n) is 8.96. The maximum atomic E-state index is 12.5. The zero-order valence-electron chi connectivity index (χ0n) is 20.5. The number of rotatable bonds is 2. The normalized spacial score (nSPS) is 29.0. The Morgan fingerprint density at radius 2 is 1.61 bits per heavy atom. The van der Waals surface area contributed by atoms with Crippen LogP contribution in [0.4, 0.5) is 10.5 Å². The molecule has 2 amide bonds. The number of carbonyl (C=O) groups excluding carboxylic acids is 2. The molecule has 0 saturated carbocycles. The number of para-hydroxylation sites is 1. The number of nitrogens with zero attached hydrogens (tertiary/aromatic N) is 3. The molecule has 1 aromatic rings. The molecular weight excluding hydrogens is 414 g/mol. The molecule has 6 heteroatoms. The van der Waals surface area contributed by atoms with Crippen LogP contribution in [0.3, 0.4) is 0 Å². The lowest BCUT2D eigenvalue weighted by Gasteiger charge is -2.44. The molecule has 2 bridgehead atoms. The van der Waals surface area contributed by atoms with Crippen LogP contribution in [0.15, 0.2) is 18.2 Å². The van der Waals surface area contributed by atoms with E-state index >= 15 is 0 Å². The van der Waals surface area contributed by atoms with Gasteiger partial charge in [0, 0.05) is 37.0 Å². The van der Waals surface area contributed by atoms with Gasteiger partial charge in [-0.25, -0.2) is 4.79 Å². The van der Waals surface area contributed by atoms with Gasteiger partial charge in [-0.05, 0) is 89.4 Å². The highest BCUT2D eigenvalue weighted by molar-refractivity contribution is 5.95. The number of aryl methyl sites for hydroxylation is 1. The fraction of sp³-hybridized carbons (Fsp3) is 0.704. The van der Waals surface area contributed by atoms with Crippen LogP contribution in [-0.2, 0) is 14.9 Å². The van der Waals surface area contributed by atoms with E-state index in [2.05, 4.69) is 34.9 Å². The Morgan fingerprint density at radius 1 is 1.00 bits per heavy atom. The second-order valence-electron chi connectivity index (χ2n) is 10.7. The summed E-state index contributed by atoms with van der Waals surface area (Å²) in [5.74, 6) is 0.159. The van der Waals surface area contributed by atoms with Gasteiger partial charge in [0.15, 0.2) is 0 Å². The van der Waals surface area contributed by atoms with Crippen molar-refractivity contribution in [3.63, 3.8) is 0 Å². The van der Waals surface area contributed by atoms with Crippen molar-refractivity contribution in [1.82, 2.24) is 9.80 Å². The minimum Gasteiger partial charge on any atom is -0.450 e. The Balaban J connectivity index is 1.26. The summed E-state index contributed by atoms with van der Waals surface area (Å²) in [7, 11) is 0. The van der Waals surface area contributed by atoms with Crippen molar-refractivity contribution in [1.29, 1.82) is 0 Å². The van der Waals surface area contributed by atoms with Gasteiger partial charge < -0.3 is 19.4 Å². The van der Waals surface area contributed by atoms with Crippen LogP contribution in [0.25, 0.3) is 0 Å². The highest BCUT2D eigenvalue weighted by Crippen LogP contribution is 2.49. The quantitative estimate of drug-likeness (QED) is 0.655. The lowest BCUT2D eigenvalue weighted by atomic mass is 9.73. The van der Waals surface area contributed by atoms with Gasteiger partial charge in [-0.15, -0.1) is 0 Å². The molecule has 0 aliphatic carbocycles. The Labute approximate surface area is 198 Å². The smallest absolute Gasteiger partial charge is 0.410 e. The lowest BCUT2D eigenvalue weighted by molar-refractivity contribution is -0.116. The Morgan fingerprint density at radius 3 is 2.18 bits per heavy atom. The second kappa shape index (κ2) is 8.94. The first-order valence-electron chi connectivity index (χ1n) is 13.0. The van der Waals surface area contributed by atoms with Gasteiger partial charge in [-0.3, -0.25) is 4.79 Å². The number of hydrogen-bond donors (Lipinski definition) is 0. The van der Waals surface area contributed by atoms with Gasteiger partial charge in [0.25, 0.3) is 0 Å². The van der Waals surface area contributed by atoms with E-state index < -0.39 is 0 Å². The number of benzene rings is 1. The summed E-state index contributed by atoms with van der Waals surface area (Å²) < 4.78 is 5.37. The summed E-state index contributed by atoms with van der Waals surface area (Å²) in [6, 6.07) is 7.86. The van der Waals surface area contributed by atoms with Gasteiger partial charge in [-0.1, -0.05) is 18.2 Å². The monoisotopic (exact) mass is 453 g/mol. The van der Waals surface area contributed by atoms with E-state index in [4.69, 9.17) is 4.74 Å². The maximum Gasteiger partial charge on any atom is 0.410 e. The molecule has 1 aromatic carbocycles. The summed E-state index contributed by atoms with van der Waals surface area (Å²) in [6.07, 6.45) is 8.87. The standard InChI is InChI=1S/C27H39N3O3/c1-4-33-26(32)30-22-10-8-21(9-11-23(30)13-12-22)28-16-14-27(15-17-28)18-29(20(3)31)25-19(2)6-5-7-24(25)27/h5-7,21-23H,4,8-18H2,1-3H3. The molecular formula is C27H39N3O3.